The Balaban J connectivity index is 1.40. The van der Waals surface area contributed by atoms with Crippen LogP contribution in [-0.2, 0) is 6.61 Å². The number of nitrogens with one attached hydrogen (secondary N) is 1. The van der Waals surface area contributed by atoms with Gasteiger partial charge in [0.15, 0.2) is 0 Å². The normalized spacial score (nSPS) is 13.2. The standard InChI is InChI=1S/C32H26FN5O3/c1-41-21-5-2-4-18(13-21)26-15-23-29(36-32(34)37-30(23)35-26)22-6-3-7-27(24(22)16-39)38-11-10-19-12-20(17-8-9-17)14-25(33)28(19)31(38)40/h2-7,10-15,17,39H,8-9,16H2,1H3,(H3,34,35,36,37). The molecule has 8 nitrogen and oxygen atoms in total. The molecule has 3 aromatic carbocycles. The quantitative estimate of drug-likeness (QED) is 0.246. The van der Waals surface area contributed by atoms with E-state index in [0.717, 1.165) is 29.7 Å². The van der Waals surface area contributed by atoms with E-state index in [0.29, 0.717) is 50.6 Å². The van der Waals surface area contributed by atoms with E-state index in [2.05, 4.69) is 15.0 Å². The van der Waals surface area contributed by atoms with Gasteiger partial charge in [-0.2, -0.15) is 4.98 Å². The molecule has 9 heteroatoms. The Bertz CT molecular complexity index is 2040. The summed E-state index contributed by atoms with van der Waals surface area (Å²) in [5.74, 6) is 0.595. The number of ether oxygens (including phenoxy) is 1. The number of nitrogens with two attached hydrogens (primary N) is 1. The second-order valence-electron chi connectivity index (χ2n) is 10.3. The van der Waals surface area contributed by atoms with E-state index in [1.165, 1.54) is 10.6 Å². The Hall–Kier alpha value is -5.02. The number of hydrogen-bond acceptors (Lipinski definition) is 6. The minimum atomic E-state index is -0.534. The summed E-state index contributed by atoms with van der Waals surface area (Å²) in [6.45, 7) is -0.391. The smallest absolute Gasteiger partial charge is 0.265 e. The molecule has 7 rings (SSSR count). The van der Waals surface area contributed by atoms with E-state index in [1.54, 1.807) is 31.5 Å². The minimum Gasteiger partial charge on any atom is -0.497 e. The Morgan fingerprint density at radius 1 is 1.10 bits per heavy atom. The highest BCUT2D eigenvalue weighted by Crippen LogP contribution is 2.41. The number of hydrogen-bond donors (Lipinski definition) is 3. The lowest BCUT2D eigenvalue weighted by molar-refractivity contribution is 0.282. The zero-order valence-corrected chi connectivity index (χ0v) is 22.2. The van der Waals surface area contributed by atoms with Gasteiger partial charge in [-0.3, -0.25) is 9.36 Å². The lowest BCUT2D eigenvalue weighted by Gasteiger charge is -2.16. The lowest BCUT2D eigenvalue weighted by Crippen LogP contribution is -2.20. The number of nitrogen functional groups attached to an aromatic ring is 1. The number of H-pyrrole nitrogens is 1. The number of aliphatic hydroxyl groups is 1. The molecule has 0 spiro atoms. The minimum absolute atomic E-state index is 0.0217. The first kappa shape index (κ1) is 25.0. The number of anilines is 1. The molecule has 1 aliphatic rings. The molecule has 0 amide bonds. The van der Waals surface area contributed by atoms with Gasteiger partial charge in [-0.1, -0.05) is 30.3 Å². The fourth-order valence-corrected chi connectivity index (χ4v) is 5.56. The summed E-state index contributed by atoms with van der Waals surface area (Å²) in [5.41, 5.74) is 10.7. The molecule has 4 N–H and O–H groups in total. The number of aromatic nitrogens is 4. The van der Waals surface area contributed by atoms with Crippen LogP contribution < -0.4 is 16.0 Å². The van der Waals surface area contributed by atoms with Gasteiger partial charge >= 0.3 is 0 Å². The van der Waals surface area contributed by atoms with Crippen molar-refractivity contribution in [3.63, 3.8) is 0 Å². The lowest BCUT2D eigenvalue weighted by atomic mass is 9.99. The third-order valence-corrected chi connectivity index (χ3v) is 7.74. The third kappa shape index (κ3) is 4.22. The van der Waals surface area contributed by atoms with E-state index in [-0.39, 0.29) is 11.3 Å². The number of benzene rings is 3. The van der Waals surface area contributed by atoms with Gasteiger partial charge in [0.1, 0.15) is 17.2 Å². The van der Waals surface area contributed by atoms with Crippen LogP contribution in [0.4, 0.5) is 10.3 Å². The number of pyridine rings is 1. The number of methoxy groups -OCH3 is 1. The van der Waals surface area contributed by atoms with Crippen LogP contribution in [0.25, 0.3) is 50.0 Å². The van der Waals surface area contributed by atoms with Gasteiger partial charge in [0, 0.05) is 34.0 Å². The topological polar surface area (TPSA) is 119 Å². The van der Waals surface area contributed by atoms with Crippen molar-refractivity contribution in [1.82, 2.24) is 19.5 Å². The van der Waals surface area contributed by atoms with Crippen LogP contribution in [-0.4, -0.2) is 31.7 Å². The van der Waals surface area contributed by atoms with Crippen molar-refractivity contribution in [2.45, 2.75) is 25.4 Å². The van der Waals surface area contributed by atoms with Gasteiger partial charge in [0.05, 0.1) is 30.5 Å². The average molecular weight is 548 g/mol. The van der Waals surface area contributed by atoms with Gasteiger partial charge in [-0.15, -0.1) is 0 Å². The first-order valence-electron chi connectivity index (χ1n) is 13.3. The molecule has 1 saturated carbocycles. The molecule has 0 aliphatic heterocycles. The van der Waals surface area contributed by atoms with E-state index >= 15 is 4.39 Å². The molecule has 3 aromatic heterocycles. The van der Waals surface area contributed by atoms with Crippen LogP contribution in [0.2, 0.25) is 0 Å². The second-order valence-corrected chi connectivity index (χ2v) is 10.3. The fourth-order valence-electron chi connectivity index (χ4n) is 5.56. The van der Waals surface area contributed by atoms with Crippen molar-refractivity contribution in [3.8, 4) is 34.0 Å². The predicted molar refractivity (Wildman–Crippen MR) is 157 cm³/mol. The van der Waals surface area contributed by atoms with Crippen LogP contribution in [0.1, 0.15) is 29.9 Å². The van der Waals surface area contributed by atoms with E-state index in [4.69, 9.17) is 10.5 Å². The highest BCUT2D eigenvalue weighted by Gasteiger charge is 2.25. The zero-order chi connectivity index (χ0) is 28.2. The van der Waals surface area contributed by atoms with Crippen molar-refractivity contribution in [2.75, 3.05) is 12.8 Å². The summed E-state index contributed by atoms with van der Waals surface area (Å²) < 4.78 is 22.0. The maximum atomic E-state index is 15.2. The van der Waals surface area contributed by atoms with Crippen molar-refractivity contribution in [2.24, 2.45) is 0 Å². The predicted octanol–water partition coefficient (Wildman–Crippen LogP) is 5.70. The molecule has 0 bridgehead atoms. The molecule has 0 atom stereocenters. The summed E-state index contributed by atoms with van der Waals surface area (Å²) in [5, 5.41) is 11.9. The molecule has 204 valence electrons. The first-order valence-corrected chi connectivity index (χ1v) is 13.3. The molecule has 3 heterocycles. The van der Waals surface area contributed by atoms with Gasteiger partial charge in [-0.05, 0) is 66.1 Å². The van der Waals surface area contributed by atoms with Crippen LogP contribution in [0.3, 0.4) is 0 Å². The first-order chi connectivity index (χ1) is 19.9. The van der Waals surface area contributed by atoms with Crippen LogP contribution in [0.5, 0.6) is 5.75 Å². The summed E-state index contributed by atoms with van der Waals surface area (Å²) in [4.78, 5) is 25.9. The Labute approximate surface area is 233 Å². The molecular weight excluding hydrogens is 521 g/mol. The number of nitrogens with zero attached hydrogens (tertiary/aromatic N) is 3. The Morgan fingerprint density at radius 3 is 2.71 bits per heavy atom. The van der Waals surface area contributed by atoms with E-state index in [9.17, 15) is 9.90 Å². The SMILES string of the molecule is COc1cccc(-c2cc3c(-c4cccc(-n5ccc6cc(C7CC7)cc(F)c6c5=O)c4CO)nc(N)nc3[nH]2)c1. The molecule has 6 aromatic rings. The van der Waals surface area contributed by atoms with Crippen molar-refractivity contribution in [3.05, 3.63) is 100 Å². The highest BCUT2D eigenvalue weighted by molar-refractivity contribution is 5.96. The molecule has 1 aliphatic carbocycles. The summed E-state index contributed by atoms with van der Waals surface area (Å²) in [6.07, 6.45) is 3.70. The average Bonchev–Trinajstić information content (AvgIpc) is 3.75. The van der Waals surface area contributed by atoms with Crippen LogP contribution in [0.15, 0.2) is 77.7 Å². The molecule has 0 saturated heterocycles. The summed E-state index contributed by atoms with van der Waals surface area (Å²) in [6, 6.07) is 19.9. The second kappa shape index (κ2) is 9.57. The van der Waals surface area contributed by atoms with Gasteiger partial charge in [0.2, 0.25) is 5.95 Å². The molecule has 0 unspecified atom stereocenters. The van der Waals surface area contributed by atoms with E-state index in [1.807, 2.05) is 42.5 Å². The molecule has 0 radical (unpaired) electrons. The summed E-state index contributed by atoms with van der Waals surface area (Å²) >= 11 is 0. The largest absolute Gasteiger partial charge is 0.497 e. The number of rotatable bonds is 6. The number of aromatic amines is 1. The Morgan fingerprint density at radius 2 is 1.93 bits per heavy atom. The maximum absolute atomic E-state index is 15.2. The van der Waals surface area contributed by atoms with Gasteiger partial charge in [0.25, 0.3) is 5.56 Å². The number of fused-ring (bicyclic) bond motifs is 2. The van der Waals surface area contributed by atoms with Crippen LogP contribution in [0, 0.1) is 5.82 Å². The maximum Gasteiger partial charge on any atom is 0.265 e. The van der Waals surface area contributed by atoms with E-state index < -0.39 is 18.0 Å². The van der Waals surface area contributed by atoms with Crippen molar-refractivity contribution < 1.29 is 14.2 Å². The van der Waals surface area contributed by atoms with Gasteiger partial charge in [-0.25, -0.2) is 9.37 Å². The Kier molecular flexibility index (Phi) is 5.83. The number of aliphatic hydroxyl groups excluding tert-OH is 1. The van der Waals surface area contributed by atoms with Crippen LogP contribution >= 0.6 is 0 Å². The molecule has 41 heavy (non-hydrogen) atoms. The summed E-state index contributed by atoms with van der Waals surface area (Å²) in [7, 11) is 1.61. The zero-order valence-electron chi connectivity index (χ0n) is 22.2. The van der Waals surface area contributed by atoms with Gasteiger partial charge < -0.3 is 20.6 Å². The molecular formula is C32H26FN5O3. The fraction of sp³-hybridized carbons (Fsp3) is 0.156. The monoisotopic (exact) mass is 547 g/mol. The number of halogens is 1. The third-order valence-electron chi connectivity index (χ3n) is 7.74. The van der Waals surface area contributed by atoms with Crippen molar-refractivity contribution >= 4 is 27.8 Å². The molecule has 1 fully saturated rings. The highest BCUT2D eigenvalue weighted by atomic mass is 19.1. The van der Waals surface area contributed by atoms with Crippen molar-refractivity contribution in [1.29, 1.82) is 0 Å².